The summed E-state index contributed by atoms with van der Waals surface area (Å²) in [6, 6.07) is 8.47. The van der Waals surface area contributed by atoms with Gasteiger partial charge in [-0.05, 0) is 96.8 Å². The zero-order chi connectivity index (χ0) is 22.9. The van der Waals surface area contributed by atoms with E-state index in [0.29, 0.717) is 23.5 Å². The third-order valence-electron chi connectivity index (χ3n) is 5.89. The van der Waals surface area contributed by atoms with Crippen LogP contribution in [0.4, 0.5) is 13.2 Å². The third-order valence-corrected chi connectivity index (χ3v) is 5.89. The van der Waals surface area contributed by atoms with Crippen LogP contribution in [-0.2, 0) is 6.42 Å². The monoisotopic (exact) mass is 430 g/mol. The Hall–Kier alpha value is -3.35. The van der Waals surface area contributed by atoms with Crippen molar-refractivity contribution in [2.24, 2.45) is 5.92 Å². The number of allylic oxidation sites excluding steroid dienone is 1. The number of hydrogen-bond donors (Lipinski definition) is 0. The number of aryl methyl sites for hydroxylation is 1. The average molecular weight is 431 g/mol. The standard InChI is InChI=1S/C29H25F3/c1-3-5-6-7-9-23-16-19-26(20-27(23)30)22-13-10-21(11-14-22)12-15-25-18-17-24(8-4-2)28(31)29(25)32/h1,12,15-22H,4,8,10-11,13-14H2,2H3/b15-12+. The lowest BCUT2D eigenvalue weighted by Crippen LogP contribution is -2.12. The Labute approximate surface area is 188 Å². The molecule has 1 fully saturated rings. The van der Waals surface area contributed by atoms with E-state index in [0.717, 1.165) is 37.7 Å². The lowest BCUT2D eigenvalue weighted by molar-refractivity contribution is 0.376. The van der Waals surface area contributed by atoms with Crippen molar-refractivity contribution in [3.63, 3.8) is 0 Å². The van der Waals surface area contributed by atoms with Gasteiger partial charge in [0.15, 0.2) is 11.6 Å². The molecule has 1 aliphatic carbocycles. The summed E-state index contributed by atoms with van der Waals surface area (Å²) in [5, 5.41) is 0. The predicted octanol–water partition coefficient (Wildman–Crippen LogP) is 7.03. The first-order valence-electron chi connectivity index (χ1n) is 10.9. The summed E-state index contributed by atoms with van der Waals surface area (Å²) in [4.78, 5) is 0. The first-order chi connectivity index (χ1) is 15.5. The first kappa shape index (κ1) is 23.3. The average Bonchev–Trinajstić information content (AvgIpc) is 2.80. The number of terminal acetylenes is 1. The van der Waals surface area contributed by atoms with Gasteiger partial charge in [-0.2, -0.15) is 0 Å². The predicted molar refractivity (Wildman–Crippen MR) is 124 cm³/mol. The Morgan fingerprint density at radius 1 is 0.969 bits per heavy atom. The van der Waals surface area contributed by atoms with Gasteiger partial charge in [0.05, 0.1) is 5.56 Å². The number of hydrogen-bond acceptors (Lipinski definition) is 0. The van der Waals surface area contributed by atoms with Crippen LogP contribution in [0.15, 0.2) is 36.4 Å². The molecule has 0 aliphatic heterocycles. The molecule has 1 aliphatic rings. The van der Waals surface area contributed by atoms with Crippen LogP contribution in [0.25, 0.3) is 6.08 Å². The minimum absolute atomic E-state index is 0.278. The van der Waals surface area contributed by atoms with Crippen molar-refractivity contribution >= 4 is 6.08 Å². The highest BCUT2D eigenvalue weighted by Crippen LogP contribution is 2.37. The molecule has 0 nitrogen and oxygen atoms in total. The van der Waals surface area contributed by atoms with Gasteiger partial charge in [0.2, 0.25) is 0 Å². The summed E-state index contributed by atoms with van der Waals surface area (Å²) in [5.41, 5.74) is 1.98. The molecule has 3 heteroatoms. The van der Waals surface area contributed by atoms with E-state index in [4.69, 9.17) is 6.42 Å². The van der Waals surface area contributed by atoms with Gasteiger partial charge in [0.25, 0.3) is 0 Å². The van der Waals surface area contributed by atoms with Gasteiger partial charge in [-0.25, -0.2) is 13.2 Å². The zero-order valence-electron chi connectivity index (χ0n) is 18.2. The number of halogens is 3. The Morgan fingerprint density at radius 3 is 2.44 bits per heavy atom. The highest BCUT2D eigenvalue weighted by Gasteiger charge is 2.22. The van der Waals surface area contributed by atoms with E-state index >= 15 is 0 Å². The van der Waals surface area contributed by atoms with E-state index in [2.05, 4.69) is 29.6 Å². The molecule has 32 heavy (non-hydrogen) atoms. The van der Waals surface area contributed by atoms with Crippen molar-refractivity contribution in [1.82, 2.24) is 0 Å². The zero-order valence-corrected chi connectivity index (χ0v) is 18.2. The van der Waals surface area contributed by atoms with Crippen LogP contribution in [0.3, 0.4) is 0 Å². The maximum atomic E-state index is 14.4. The second-order valence-corrected chi connectivity index (χ2v) is 8.05. The van der Waals surface area contributed by atoms with Crippen molar-refractivity contribution in [1.29, 1.82) is 0 Å². The van der Waals surface area contributed by atoms with E-state index in [1.165, 1.54) is 0 Å². The van der Waals surface area contributed by atoms with Gasteiger partial charge in [-0.15, -0.1) is 6.42 Å². The second kappa shape index (κ2) is 11.3. The van der Waals surface area contributed by atoms with Crippen LogP contribution >= 0.6 is 0 Å². The highest BCUT2D eigenvalue weighted by molar-refractivity contribution is 5.51. The molecule has 0 saturated heterocycles. The van der Waals surface area contributed by atoms with E-state index in [1.807, 2.05) is 19.1 Å². The number of benzene rings is 2. The molecule has 0 radical (unpaired) electrons. The lowest BCUT2D eigenvalue weighted by atomic mass is 9.78. The minimum atomic E-state index is -0.773. The Balaban J connectivity index is 1.61. The summed E-state index contributed by atoms with van der Waals surface area (Å²) >= 11 is 0. The molecule has 0 aromatic heterocycles. The Morgan fingerprint density at radius 2 is 1.75 bits per heavy atom. The van der Waals surface area contributed by atoms with E-state index in [1.54, 1.807) is 30.3 Å². The summed E-state index contributed by atoms with van der Waals surface area (Å²) < 4.78 is 42.9. The molecule has 162 valence electrons. The van der Waals surface area contributed by atoms with Crippen LogP contribution in [0.2, 0.25) is 0 Å². The quantitative estimate of drug-likeness (QED) is 0.447. The summed E-state index contributed by atoms with van der Waals surface area (Å²) in [6.07, 6.45) is 13.7. The van der Waals surface area contributed by atoms with Gasteiger partial charge >= 0.3 is 0 Å². The van der Waals surface area contributed by atoms with Crippen molar-refractivity contribution in [3.8, 4) is 36.0 Å². The third kappa shape index (κ3) is 5.87. The molecule has 1 saturated carbocycles. The fourth-order valence-electron chi connectivity index (χ4n) is 4.13. The van der Waals surface area contributed by atoms with Gasteiger partial charge < -0.3 is 0 Å². The Kier molecular flexibility index (Phi) is 8.25. The van der Waals surface area contributed by atoms with E-state index in [-0.39, 0.29) is 17.3 Å². The molecule has 0 heterocycles. The molecule has 0 spiro atoms. The van der Waals surface area contributed by atoms with Crippen LogP contribution in [0, 0.1) is 59.4 Å². The SMILES string of the molecule is C#CC#CC#Cc1ccc(C2CCC(/C=C/c3ccc(CCC)c(F)c3F)CC2)cc1F. The highest BCUT2D eigenvalue weighted by atomic mass is 19.2. The van der Waals surface area contributed by atoms with Crippen LogP contribution in [0.5, 0.6) is 0 Å². The van der Waals surface area contributed by atoms with Crippen LogP contribution < -0.4 is 0 Å². The van der Waals surface area contributed by atoms with Gasteiger partial charge in [-0.3, -0.25) is 0 Å². The molecule has 2 aromatic carbocycles. The molecule has 0 N–H and O–H groups in total. The lowest BCUT2D eigenvalue weighted by Gasteiger charge is -2.27. The Bertz CT molecular complexity index is 1150. The van der Waals surface area contributed by atoms with Gasteiger partial charge in [0.1, 0.15) is 5.82 Å². The maximum Gasteiger partial charge on any atom is 0.166 e. The normalized spacial score (nSPS) is 17.7. The fraction of sp³-hybridized carbons (Fsp3) is 0.310. The van der Waals surface area contributed by atoms with Crippen LogP contribution in [0.1, 0.15) is 67.2 Å². The first-order valence-corrected chi connectivity index (χ1v) is 10.9. The van der Waals surface area contributed by atoms with Gasteiger partial charge in [-0.1, -0.05) is 43.7 Å². The molecular formula is C29H25F3. The topological polar surface area (TPSA) is 0 Å². The largest absolute Gasteiger partial charge is 0.206 e. The van der Waals surface area contributed by atoms with Crippen LogP contribution in [-0.4, -0.2) is 0 Å². The molecule has 0 atom stereocenters. The molecule has 0 unspecified atom stereocenters. The van der Waals surface area contributed by atoms with Crippen molar-refractivity contribution in [2.45, 2.75) is 51.4 Å². The van der Waals surface area contributed by atoms with E-state index < -0.39 is 11.6 Å². The van der Waals surface area contributed by atoms with Crippen molar-refractivity contribution < 1.29 is 13.2 Å². The molecule has 3 rings (SSSR count). The number of rotatable bonds is 5. The summed E-state index contributed by atoms with van der Waals surface area (Å²) in [6.45, 7) is 1.94. The van der Waals surface area contributed by atoms with Gasteiger partial charge in [0, 0.05) is 5.56 Å². The smallest absolute Gasteiger partial charge is 0.166 e. The molecule has 0 amide bonds. The molecular weight excluding hydrogens is 405 g/mol. The maximum absolute atomic E-state index is 14.4. The fourth-order valence-corrected chi connectivity index (χ4v) is 4.13. The summed E-state index contributed by atoms with van der Waals surface area (Å²) in [5.74, 6) is 10.9. The second-order valence-electron chi connectivity index (χ2n) is 8.05. The van der Waals surface area contributed by atoms with Crippen molar-refractivity contribution in [2.75, 3.05) is 0 Å². The minimum Gasteiger partial charge on any atom is -0.206 e. The molecule has 2 aromatic rings. The summed E-state index contributed by atoms with van der Waals surface area (Å²) in [7, 11) is 0. The van der Waals surface area contributed by atoms with E-state index in [9.17, 15) is 13.2 Å². The van der Waals surface area contributed by atoms with Crippen molar-refractivity contribution in [3.05, 3.63) is 76.1 Å². The molecule has 0 bridgehead atoms.